The molecule has 176 valence electrons. The Morgan fingerprint density at radius 2 is 1.33 bits per heavy atom. The number of hydrogen-bond acceptors (Lipinski definition) is 6. The molecule has 0 aliphatic heterocycles. The van der Waals surface area contributed by atoms with Gasteiger partial charge in [0.25, 0.3) is 0 Å². The SMILES string of the molecule is NC(Cc1ccccc1)C(=O)NCC(=O)NC(Cc1ccccc1)C(=O)NC(CO)C(=O)O. The average molecular weight is 456 g/mol. The van der Waals surface area contributed by atoms with Crippen LogP contribution in [0.5, 0.6) is 0 Å². The van der Waals surface area contributed by atoms with Gasteiger partial charge >= 0.3 is 5.97 Å². The average Bonchev–Trinajstić information content (AvgIpc) is 2.81. The molecule has 3 amide bonds. The minimum Gasteiger partial charge on any atom is -0.480 e. The van der Waals surface area contributed by atoms with Gasteiger partial charge in [0.05, 0.1) is 19.2 Å². The predicted octanol–water partition coefficient (Wildman–Crippen LogP) is -1.04. The lowest BCUT2D eigenvalue weighted by atomic mass is 10.0. The molecule has 0 bridgehead atoms. The van der Waals surface area contributed by atoms with E-state index in [0.717, 1.165) is 11.1 Å². The van der Waals surface area contributed by atoms with Crippen molar-refractivity contribution in [2.24, 2.45) is 5.73 Å². The van der Waals surface area contributed by atoms with E-state index in [-0.39, 0.29) is 6.42 Å². The van der Waals surface area contributed by atoms with Crippen molar-refractivity contribution in [3.05, 3.63) is 71.8 Å². The van der Waals surface area contributed by atoms with Crippen molar-refractivity contribution in [3.63, 3.8) is 0 Å². The van der Waals surface area contributed by atoms with Crippen LogP contribution in [-0.4, -0.2) is 65.2 Å². The number of nitrogens with two attached hydrogens (primary N) is 1. The van der Waals surface area contributed by atoms with E-state index in [2.05, 4.69) is 16.0 Å². The van der Waals surface area contributed by atoms with Gasteiger partial charge in [-0.15, -0.1) is 0 Å². The molecule has 2 aromatic carbocycles. The molecule has 10 nitrogen and oxygen atoms in total. The first kappa shape index (κ1) is 25.5. The normalized spacial score (nSPS) is 13.3. The van der Waals surface area contributed by atoms with Crippen molar-refractivity contribution in [1.29, 1.82) is 0 Å². The van der Waals surface area contributed by atoms with E-state index in [1.807, 2.05) is 30.3 Å². The third-order valence-corrected chi connectivity index (χ3v) is 4.79. The Bertz CT molecular complexity index is 938. The van der Waals surface area contributed by atoms with E-state index >= 15 is 0 Å². The highest BCUT2D eigenvalue weighted by molar-refractivity contribution is 5.92. The lowest BCUT2D eigenvalue weighted by Gasteiger charge is -2.21. The molecule has 0 fully saturated rings. The number of amides is 3. The Labute approximate surface area is 191 Å². The largest absolute Gasteiger partial charge is 0.480 e. The minimum atomic E-state index is -1.51. The summed E-state index contributed by atoms with van der Waals surface area (Å²) in [6.45, 7) is -1.22. The van der Waals surface area contributed by atoms with Gasteiger partial charge in [-0.05, 0) is 17.5 Å². The van der Waals surface area contributed by atoms with E-state index < -0.39 is 55.0 Å². The maximum absolute atomic E-state index is 12.6. The lowest BCUT2D eigenvalue weighted by molar-refractivity contribution is -0.143. The molecular formula is C23H28N4O6. The molecule has 0 aliphatic rings. The highest BCUT2D eigenvalue weighted by Crippen LogP contribution is 2.05. The first-order valence-corrected chi connectivity index (χ1v) is 10.3. The van der Waals surface area contributed by atoms with Gasteiger partial charge in [-0.1, -0.05) is 60.7 Å². The van der Waals surface area contributed by atoms with Gasteiger partial charge in [-0.3, -0.25) is 14.4 Å². The van der Waals surface area contributed by atoms with Crippen LogP contribution >= 0.6 is 0 Å². The van der Waals surface area contributed by atoms with Crippen molar-refractivity contribution in [1.82, 2.24) is 16.0 Å². The van der Waals surface area contributed by atoms with Crippen LogP contribution in [0, 0.1) is 0 Å². The third-order valence-electron chi connectivity index (χ3n) is 4.79. The van der Waals surface area contributed by atoms with E-state index in [1.54, 1.807) is 30.3 Å². The summed E-state index contributed by atoms with van der Waals surface area (Å²) in [5, 5.41) is 25.3. The van der Waals surface area contributed by atoms with E-state index in [1.165, 1.54) is 0 Å². The molecule has 2 aromatic rings. The monoisotopic (exact) mass is 456 g/mol. The predicted molar refractivity (Wildman–Crippen MR) is 120 cm³/mol. The van der Waals surface area contributed by atoms with Crippen LogP contribution in [0.4, 0.5) is 0 Å². The Hall–Kier alpha value is -3.76. The number of nitrogens with one attached hydrogen (secondary N) is 3. The van der Waals surface area contributed by atoms with Gasteiger partial charge in [0.15, 0.2) is 0 Å². The highest BCUT2D eigenvalue weighted by atomic mass is 16.4. The van der Waals surface area contributed by atoms with Gasteiger partial charge < -0.3 is 31.9 Å². The maximum Gasteiger partial charge on any atom is 0.328 e. The molecule has 0 radical (unpaired) electrons. The standard InChI is InChI=1S/C23H28N4O6/c24-17(11-15-7-3-1-4-8-15)21(30)25-13-20(29)26-18(12-16-9-5-2-6-10-16)22(31)27-19(14-28)23(32)33/h1-10,17-19,28H,11-14,24H2,(H,25,30)(H,26,29)(H,27,31)(H,32,33). The molecule has 0 heterocycles. The zero-order chi connectivity index (χ0) is 24.2. The first-order valence-electron chi connectivity index (χ1n) is 10.3. The minimum absolute atomic E-state index is 0.0810. The Morgan fingerprint density at radius 3 is 1.85 bits per heavy atom. The molecule has 0 saturated carbocycles. The second-order valence-corrected chi connectivity index (χ2v) is 7.41. The van der Waals surface area contributed by atoms with E-state index in [4.69, 9.17) is 15.9 Å². The lowest BCUT2D eigenvalue weighted by Crippen LogP contribution is -2.55. The van der Waals surface area contributed by atoms with Gasteiger partial charge in [-0.2, -0.15) is 0 Å². The number of rotatable bonds is 12. The molecule has 0 aromatic heterocycles. The van der Waals surface area contributed by atoms with Crippen molar-refractivity contribution in [3.8, 4) is 0 Å². The highest BCUT2D eigenvalue weighted by Gasteiger charge is 2.26. The number of carboxylic acids is 1. The number of aliphatic hydroxyl groups is 1. The summed E-state index contributed by atoms with van der Waals surface area (Å²) in [5.74, 6) is -3.36. The molecule has 2 rings (SSSR count). The van der Waals surface area contributed by atoms with Crippen molar-refractivity contribution >= 4 is 23.7 Å². The van der Waals surface area contributed by atoms with Crippen LogP contribution in [0.15, 0.2) is 60.7 Å². The van der Waals surface area contributed by atoms with Crippen LogP contribution in [0.2, 0.25) is 0 Å². The zero-order valence-electron chi connectivity index (χ0n) is 17.9. The van der Waals surface area contributed by atoms with Gasteiger partial charge in [-0.25, -0.2) is 4.79 Å². The van der Waals surface area contributed by atoms with Crippen LogP contribution < -0.4 is 21.7 Å². The summed E-state index contributed by atoms with van der Waals surface area (Å²) in [6, 6.07) is 14.5. The Morgan fingerprint density at radius 1 is 0.788 bits per heavy atom. The van der Waals surface area contributed by atoms with Gasteiger partial charge in [0.2, 0.25) is 17.7 Å². The number of carboxylic acid groups (broad SMARTS) is 1. The van der Waals surface area contributed by atoms with Crippen LogP contribution in [0.25, 0.3) is 0 Å². The molecule has 3 unspecified atom stereocenters. The summed E-state index contributed by atoms with van der Waals surface area (Å²) in [5.41, 5.74) is 7.50. The maximum atomic E-state index is 12.6. The van der Waals surface area contributed by atoms with Crippen molar-refractivity contribution in [2.75, 3.05) is 13.2 Å². The fraction of sp³-hybridized carbons (Fsp3) is 0.304. The number of aliphatic carboxylic acids is 1. The molecule has 3 atom stereocenters. The molecule has 0 spiro atoms. The quantitative estimate of drug-likeness (QED) is 0.237. The van der Waals surface area contributed by atoms with Crippen LogP contribution in [0.3, 0.4) is 0 Å². The number of hydrogen-bond donors (Lipinski definition) is 6. The number of aliphatic hydroxyl groups excluding tert-OH is 1. The molecule has 10 heteroatoms. The molecule has 33 heavy (non-hydrogen) atoms. The Balaban J connectivity index is 1.96. The second kappa shape index (κ2) is 12.9. The number of carbonyl (C=O) groups is 4. The second-order valence-electron chi connectivity index (χ2n) is 7.41. The summed E-state index contributed by atoms with van der Waals surface area (Å²) in [4.78, 5) is 48.4. The fourth-order valence-corrected chi connectivity index (χ4v) is 3.02. The summed E-state index contributed by atoms with van der Waals surface area (Å²) < 4.78 is 0. The summed E-state index contributed by atoms with van der Waals surface area (Å²) in [6.07, 6.45) is 0.378. The summed E-state index contributed by atoms with van der Waals surface area (Å²) >= 11 is 0. The molecule has 0 aliphatic carbocycles. The van der Waals surface area contributed by atoms with Crippen LogP contribution in [-0.2, 0) is 32.0 Å². The van der Waals surface area contributed by atoms with E-state index in [9.17, 15) is 19.2 Å². The van der Waals surface area contributed by atoms with E-state index in [0.29, 0.717) is 6.42 Å². The van der Waals surface area contributed by atoms with Crippen molar-refractivity contribution in [2.45, 2.75) is 31.0 Å². The molecule has 0 saturated heterocycles. The van der Waals surface area contributed by atoms with Gasteiger partial charge in [0.1, 0.15) is 12.1 Å². The van der Waals surface area contributed by atoms with Crippen molar-refractivity contribution < 1.29 is 29.4 Å². The summed E-state index contributed by atoms with van der Waals surface area (Å²) in [7, 11) is 0. The smallest absolute Gasteiger partial charge is 0.328 e. The fourth-order valence-electron chi connectivity index (χ4n) is 3.02. The topological polar surface area (TPSA) is 171 Å². The molecular weight excluding hydrogens is 428 g/mol. The first-order chi connectivity index (χ1) is 15.8. The zero-order valence-corrected chi connectivity index (χ0v) is 17.9. The number of benzene rings is 2. The van der Waals surface area contributed by atoms with Gasteiger partial charge in [0, 0.05) is 6.42 Å². The molecule has 7 N–H and O–H groups in total. The third kappa shape index (κ3) is 8.71. The number of carbonyl (C=O) groups excluding carboxylic acids is 3. The van der Waals surface area contributed by atoms with Crippen LogP contribution in [0.1, 0.15) is 11.1 Å². The Kier molecular flexibility index (Phi) is 10.00.